The average molecular weight is 585 g/mol. The number of rotatable bonds is 1. The lowest BCUT2D eigenvalue weighted by atomic mass is 10.1. The minimum Gasteiger partial charge on any atom is -0.493 e. The Hall–Kier alpha value is -4.87. The molecule has 224 valence electrons. The van der Waals surface area contributed by atoms with Gasteiger partial charge in [0.05, 0.1) is 47.3 Å². The van der Waals surface area contributed by atoms with Crippen LogP contribution in [0.2, 0.25) is 0 Å². The molecule has 2 aromatic heterocycles. The molecule has 0 saturated carbocycles. The van der Waals surface area contributed by atoms with Crippen molar-refractivity contribution >= 4 is 28.8 Å². The van der Waals surface area contributed by atoms with E-state index in [-0.39, 0.29) is 18.4 Å². The number of carbonyl (C=O) groups excluding carboxylic acids is 3. The van der Waals surface area contributed by atoms with Gasteiger partial charge in [-0.1, -0.05) is 11.3 Å². The second kappa shape index (κ2) is 13.0. The molecule has 2 bridgehead atoms. The maximum atomic E-state index is 13.7. The molecule has 2 N–H and O–H groups in total. The lowest BCUT2D eigenvalue weighted by Gasteiger charge is -2.22. The predicted octanol–water partition coefficient (Wildman–Crippen LogP) is 2.90. The van der Waals surface area contributed by atoms with E-state index in [4.69, 9.17) is 4.74 Å². The number of ether oxygens (including phenoxy) is 1. The number of benzene rings is 2. The summed E-state index contributed by atoms with van der Waals surface area (Å²) in [5, 5.41) is 14.2. The van der Waals surface area contributed by atoms with Gasteiger partial charge in [-0.3, -0.25) is 19.1 Å². The maximum Gasteiger partial charge on any atom is 0.255 e. The van der Waals surface area contributed by atoms with Gasteiger partial charge < -0.3 is 20.3 Å². The summed E-state index contributed by atoms with van der Waals surface area (Å²) in [4.78, 5) is 50.4. The highest BCUT2D eigenvalue weighted by molar-refractivity contribution is 5.99. The minimum absolute atomic E-state index is 0.184. The Morgan fingerprint density at radius 3 is 2.58 bits per heavy atom. The molecule has 12 nitrogen and oxygen atoms in total. The van der Waals surface area contributed by atoms with Crippen LogP contribution in [0, 0.1) is 20.8 Å². The van der Waals surface area contributed by atoms with Crippen molar-refractivity contribution in [2.24, 2.45) is 0 Å². The minimum atomic E-state index is -0.763. The zero-order chi connectivity index (χ0) is 30.5. The fourth-order valence-corrected chi connectivity index (χ4v) is 4.83. The van der Waals surface area contributed by atoms with Gasteiger partial charge >= 0.3 is 0 Å². The lowest BCUT2D eigenvalue weighted by Crippen LogP contribution is -2.45. The van der Waals surface area contributed by atoms with E-state index >= 15 is 0 Å². The van der Waals surface area contributed by atoms with Crippen molar-refractivity contribution in [2.45, 2.75) is 59.7 Å². The average Bonchev–Trinajstić information content (AvgIpc) is 3.43. The molecule has 0 aliphatic carbocycles. The molecule has 5 rings (SSSR count). The second-order valence-electron chi connectivity index (χ2n) is 10.8. The number of nitrogens with one attached hydrogen (secondary N) is 2. The summed E-state index contributed by atoms with van der Waals surface area (Å²) < 4.78 is 7.69. The topological polar surface area (TPSA) is 144 Å². The number of carbonyl (C=O) groups is 3. The van der Waals surface area contributed by atoms with E-state index in [1.165, 1.54) is 0 Å². The summed E-state index contributed by atoms with van der Waals surface area (Å²) in [7, 11) is 0. The van der Waals surface area contributed by atoms with Crippen LogP contribution in [0.4, 0.5) is 0 Å². The van der Waals surface area contributed by atoms with E-state index in [2.05, 4.69) is 30.9 Å². The van der Waals surface area contributed by atoms with Gasteiger partial charge in [-0.15, -0.1) is 5.10 Å². The first-order valence-electron chi connectivity index (χ1n) is 14.4. The first-order chi connectivity index (χ1) is 20.7. The quantitative estimate of drug-likeness (QED) is 0.348. The van der Waals surface area contributed by atoms with Gasteiger partial charge in [0.1, 0.15) is 17.5 Å². The van der Waals surface area contributed by atoms with Gasteiger partial charge in [-0.2, -0.15) is 0 Å². The molecule has 43 heavy (non-hydrogen) atoms. The normalized spacial score (nSPS) is 17.1. The molecule has 1 atom stereocenters. The van der Waals surface area contributed by atoms with Crippen LogP contribution >= 0.6 is 0 Å². The van der Waals surface area contributed by atoms with Gasteiger partial charge in [-0.05, 0) is 70.0 Å². The predicted molar refractivity (Wildman–Crippen MR) is 160 cm³/mol. The Morgan fingerprint density at radius 2 is 1.77 bits per heavy atom. The van der Waals surface area contributed by atoms with Crippen molar-refractivity contribution in [1.29, 1.82) is 0 Å². The number of aryl methyl sites for hydroxylation is 4. The number of nitrogens with zero attached hydrogens (tertiary/aromatic N) is 6. The van der Waals surface area contributed by atoms with Crippen molar-refractivity contribution in [3.05, 3.63) is 76.4 Å². The molecule has 3 amide bonds. The molecule has 1 aliphatic rings. The third-order valence-electron chi connectivity index (χ3n) is 7.36. The van der Waals surface area contributed by atoms with Crippen LogP contribution in [0.3, 0.4) is 0 Å². The highest BCUT2D eigenvalue weighted by Gasteiger charge is 2.22. The Labute approximate surface area is 249 Å². The molecular weight excluding hydrogens is 548 g/mol. The van der Waals surface area contributed by atoms with Gasteiger partial charge in [-0.25, -0.2) is 9.97 Å². The first-order valence-corrected chi connectivity index (χ1v) is 14.4. The molecule has 1 aliphatic heterocycles. The van der Waals surface area contributed by atoms with E-state index in [1.54, 1.807) is 40.8 Å². The van der Waals surface area contributed by atoms with Crippen molar-refractivity contribution in [2.75, 3.05) is 19.7 Å². The van der Waals surface area contributed by atoms with Crippen LogP contribution in [0.15, 0.2) is 42.6 Å². The van der Waals surface area contributed by atoms with E-state index in [0.717, 1.165) is 22.5 Å². The van der Waals surface area contributed by atoms with Crippen molar-refractivity contribution < 1.29 is 19.1 Å². The van der Waals surface area contributed by atoms with Crippen LogP contribution in [0.25, 0.3) is 11.0 Å². The summed E-state index contributed by atoms with van der Waals surface area (Å²) in [6, 6.07) is 9.90. The van der Waals surface area contributed by atoms with Crippen LogP contribution in [-0.4, -0.2) is 73.3 Å². The van der Waals surface area contributed by atoms with Crippen molar-refractivity contribution in [3.8, 4) is 5.75 Å². The summed E-state index contributed by atoms with van der Waals surface area (Å²) in [5.74, 6) is -0.434. The fourth-order valence-electron chi connectivity index (χ4n) is 4.83. The van der Waals surface area contributed by atoms with E-state index in [0.29, 0.717) is 67.2 Å². The summed E-state index contributed by atoms with van der Waals surface area (Å²) >= 11 is 0. The van der Waals surface area contributed by atoms with Crippen LogP contribution in [0.5, 0.6) is 5.75 Å². The Bertz CT molecular complexity index is 1670. The standard InChI is InChI=1S/C31H36N8O4/c1-19-7-9-25-28(15-19)43-14-6-13-39-18-24(36-37-39)17-38(12-5-11-32-29(40)22(4)35-30(25)41)31(42)23-8-10-26-27(16-23)34-21(3)20(2)33-26/h7-10,15-16,18,22H,5-6,11-14,17H2,1-4H3,(H,32,40)(H,35,41)/t22-/m1/s1. The van der Waals surface area contributed by atoms with Crippen LogP contribution in [-0.2, 0) is 17.9 Å². The number of hydrogen-bond donors (Lipinski definition) is 2. The highest BCUT2D eigenvalue weighted by Crippen LogP contribution is 2.21. The molecule has 0 spiro atoms. The summed E-state index contributed by atoms with van der Waals surface area (Å²) in [5.41, 5.74) is 5.49. The molecule has 12 heteroatoms. The Morgan fingerprint density at radius 1 is 0.977 bits per heavy atom. The highest BCUT2D eigenvalue weighted by atomic mass is 16.5. The van der Waals surface area contributed by atoms with E-state index in [9.17, 15) is 14.4 Å². The molecule has 4 aromatic rings. The van der Waals surface area contributed by atoms with Crippen molar-refractivity contribution in [3.63, 3.8) is 0 Å². The zero-order valence-electron chi connectivity index (χ0n) is 24.9. The smallest absolute Gasteiger partial charge is 0.255 e. The SMILES string of the molecule is Cc1ccc2c(c1)OCCCn1cc(nn1)CN(C(=O)c1ccc3nc(C)c(C)nc3c1)CCCNC(=O)[C@@H](C)NC2=O. The van der Waals surface area contributed by atoms with E-state index in [1.807, 2.05) is 39.1 Å². The Kier molecular flexibility index (Phi) is 8.93. The van der Waals surface area contributed by atoms with Crippen LogP contribution in [0.1, 0.15) is 63.1 Å². The van der Waals surface area contributed by atoms with E-state index < -0.39 is 11.9 Å². The first kappa shape index (κ1) is 29.6. The molecular formula is C31H36N8O4. The zero-order valence-corrected chi connectivity index (χ0v) is 24.9. The molecule has 0 radical (unpaired) electrons. The number of aromatic nitrogens is 5. The third-order valence-corrected chi connectivity index (χ3v) is 7.36. The maximum absolute atomic E-state index is 13.7. The van der Waals surface area contributed by atoms with Crippen molar-refractivity contribution in [1.82, 2.24) is 40.5 Å². The van der Waals surface area contributed by atoms with Crippen LogP contribution < -0.4 is 15.4 Å². The van der Waals surface area contributed by atoms with Gasteiger partial charge in [0.15, 0.2) is 0 Å². The van der Waals surface area contributed by atoms with Gasteiger partial charge in [0.2, 0.25) is 5.91 Å². The largest absolute Gasteiger partial charge is 0.493 e. The van der Waals surface area contributed by atoms with Gasteiger partial charge in [0.25, 0.3) is 11.8 Å². The number of amides is 3. The summed E-state index contributed by atoms with van der Waals surface area (Å²) in [6.45, 7) is 9.18. The second-order valence-corrected chi connectivity index (χ2v) is 10.8. The van der Waals surface area contributed by atoms with Gasteiger partial charge in [0, 0.05) is 31.6 Å². The Balaban J connectivity index is 1.36. The molecule has 0 fully saturated rings. The molecule has 3 heterocycles. The lowest BCUT2D eigenvalue weighted by molar-refractivity contribution is -0.122. The molecule has 2 aromatic carbocycles. The number of fused-ring (bicyclic) bond motifs is 4. The molecule has 0 unspecified atom stereocenters. The molecule has 0 saturated heterocycles. The third kappa shape index (κ3) is 7.14. The monoisotopic (exact) mass is 584 g/mol. The fraction of sp³-hybridized carbons (Fsp3) is 0.387. The summed E-state index contributed by atoms with van der Waals surface area (Å²) in [6.07, 6.45) is 2.94. The number of hydrogen-bond acceptors (Lipinski definition) is 8.